The summed E-state index contributed by atoms with van der Waals surface area (Å²) in [6, 6.07) is 14.3. The van der Waals surface area contributed by atoms with Gasteiger partial charge >= 0.3 is 0 Å². The molecule has 0 radical (unpaired) electrons. The van der Waals surface area contributed by atoms with Crippen LogP contribution in [0, 0.1) is 0 Å². The maximum absolute atomic E-state index is 5.51. The van der Waals surface area contributed by atoms with E-state index < -0.39 is 0 Å². The van der Waals surface area contributed by atoms with Gasteiger partial charge in [-0.05, 0) is 30.3 Å². The number of aromatic amines is 1. The molecule has 0 aliphatic carbocycles. The highest BCUT2D eigenvalue weighted by molar-refractivity contribution is 5.82. The standard InChI is InChI=1S/C16H14N2O2/c1-2-12(16-15(3-1)19-10-20-16)9-18-13-4-5-14-11(8-13)6-7-17-14/h1-8,17-18H,9-10H2. The van der Waals surface area contributed by atoms with E-state index in [1.807, 2.05) is 18.3 Å². The van der Waals surface area contributed by atoms with Crippen LogP contribution >= 0.6 is 0 Å². The molecule has 0 saturated heterocycles. The zero-order valence-electron chi connectivity index (χ0n) is 10.8. The Balaban J connectivity index is 1.57. The second-order valence-corrected chi connectivity index (χ2v) is 4.78. The number of rotatable bonds is 3. The van der Waals surface area contributed by atoms with E-state index in [0.717, 1.165) is 28.3 Å². The molecule has 1 aliphatic rings. The van der Waals surface area contributed by atoms with Gasteiger partial charge in [0.2, 0.25) is 6.79 Å². The topological polar surface area (TPSA) is 46.3 Å². The minimum absolute atomic E-state index is 0.307. The summed E-state index contributed by atoms with van der Waals surface area (Å²) in [6.45, 7) is 1.02. The zero-order valence-corrected chi connectivity index (χ0v) is 10.8. The van der Waals surface area contributed by atoms with Crippen molar-refractivity contribution in [2.75, 3.05) is 12.1 Å². The third kappa shape index (κ3) is 1.86. The van der Waals surface area contributed by atoms with Crippen molar-refractivity contribution >= 4 is 16.6 Å². The van der Waals surface area contributed by atoms with Crippen molar-refractivity contribution in [1.29, 1.82) is 0 Å². The van der Waals surface area contributed by atoms with Crippen molar-refractivity contribution in [3.63, 3.8) is 0 Å². The van der Waals surface area contributed by atoms with Crippen molar-refractivity contribution in [3.05, 3.63) is 54.2 Å². The van der Waals surface area contributed by atoms with Gasteiger partial charge in [-0.1, -0.05) is 12.1 Å². The van der Waals surface area contributed by atoms with Crippen molar-refractivity contribution < 1.29 is 9.47 Å². The van der Waals surface area contributed by atoms with Crippen LogP contribution in [0.1, 0.15) is 5.56 Å². The molecule has 0 unspecified atom stereocenters. The van der Waals surface area contributed by atoms with Crippen LogP contribution in [0.5, 0.6) is 11.5 Å². The van der Waals surface area contributed by atoms with E-state index in [-0.39, 0.29) is 0 Å². The minimum atomic E-state index is 0.307. The fourth-order valence-corrected chi connectivity index (χ4v) is 2.49. The highest BCUT2D eigenvalue weighted by Gasteiger charge is 2.16. The predicted octanol–water partition coefficient (Wildman–Crippen LogP) is 3.51. The van der Waals surface area contributed by atoms with Gasteiger partial charge in [-0.25, -0.2) is 0 Å². The first kappa shape index (κ1) is 11.2. The molecule has 4 heteroatoms. The van der Waals surface area contributed by atoms with Crippen LogP contribution in [0.25, 0.3) is 10.9 Å². The molecule has 4 rings (SSSR count). The zero-order chi connectivity index (χ0) is 13.4. The van der Waals surface area contributed by atoms with Crippen LogP contribution < -0.4 is 14.8 Å². The molecule has 100 valence electrons. The van der Waals surface area contributed by atoms with Crippen LogP contribution in [0.2, 0.25) is 0 Å². The van der Waals surface area contributed by atoms with E-state index in [4.69, 9.17) is 9.47 Å². The van der Waals surface area contributed by atoms with E-state index in [9.17, 15) is 0 Å². The lowest BCUT2D eigenvalue weighted by atomic mass is 10.1. The number of hydrogen-bond acceptors (Lipinski definition) is 3. The fourth-order valence-electron chi connectivity index (χ4n) is 2.49. The smallest absolute Gasteiger partial charge is 0.231 e. The second kappa shape index (κ2) is 4.49. The SMILES string of the molecule is c1cc(CNc2ccc3[nH]ccc3c2)c2c(c1)OCO2. The van der Waals surface area contributed by atoms with Crippen molar-refractivity contribution in [3.8, 4) is 11.5 Å². The Hall–Kier alpha value is -2.62. The average Bonchev–Trinajstić information content (AvgIpc) is 3.13. The third-order valence-electron chi connectivity index (χ3n) is 3.51. The normalized spacial score (nSPS) is 12.8. The summed E-state index contributed by atoms with van der Waals surface area (Å²) in [6.07, 6.45) is 1.95. The number of fused-ring (bicyclic) bond motifs is 2. The highest BCUT2D eigenvalue weighted by atomic mass is 16.7. The minimum Gasteiger partial charge on any atom is -0.454 e. The van der Waals surface area contributed by atoms with Crippen molar-refractivity contribution in [1.82, 2.24) is 4.98 Å². The van der Waals surface area contributed by atoms with Crippen LogP contribution in [0.4, 0.5) is 5.69 Å². The first-order valence-electron chi connectivity index (χ1n) is 6.59. The Kier molecular flexibility index (Phi) is 2.52. The Bertz CT molecular complexity index is 764. The molecule has 0 saturated carbocycles. The van der Waals surface area contributed by atoms with Crippen molar-refractivity contribution in [2.45, 2.75) is 6.54 Å². The highest BCUT2D eigenvalue weighted by Crippen LogP contribution is 2.35. The predicted molar refractivity (Wildman–Crippen MR) is 78.2 cm³/mol. The number of para-hydroxylation sites is 1. The summed E-state index contributed by atoms with van der Waals surface area (Å²) in [5.74, 6) is 1.67. The molecule has 2 aromatic carbocycles. The Morgan fingerprint density at radius 3 is 3.10 bits per heavy atom. The van der Waals surface area contributed by atoms with Gasteiger partial charge in [-0.15, -0.1) is 0 Å². The quantitative estimate of drug-likeness (QED) is 0.762. The molecule has 1 aliphatic heterocycles. The van der Waals surface area contributed by atoms with E-state index in [0.29, 0.717) is 13.3 Å². The molecule has 0 amide bonds. The molecule has 0 atom stereocenters. The lowest BCUT2D eigenvalue weighted by molar-refractivity contribution is 0.173. The monoisotopic (exact) mass is 266 g/mol. The van der Waals surface area contributed by atoms with Gasteiger partial charge in [0.15, 0.2) is 11.5 Å². The number of aromatic nitrogens is 1. The van der Waals surface area contributed by atoms with Gasteiger partial charge < -0.3 is 19.8 Å². The first-order valence-corrected chi connectivity index (χ1v) is 6.59. The summed E-state index contributed by atoms with van der Waals surface area (Å²) in [4.78, 5) is 3.19. The van der Waals surface area contributed by atoms with Crippen LogP contribution in [-0.4, -0.2) is 11.8 Å². The maximum atomic E-state index is 5.51. The molecule has 3 aromatic rings. The number of benzene rings is 2. The Labute approximate surface area is 116 Å². The lowest BCUT2D eigenvalue weighted by Crippen LogP contribution is -2.01. The molecule has 2 N–H and O–H groups in total. The van der Waals surface area contributed by atoms with Gasteiger partial charge in [0.05, 0.1) is 0 Å². The molecule has 2 heterocycles. The van der Waals surface area contributed by atoms with Crippen molar-refractivity contribution in [2.24, 2.45) is 0 Å². The summed E-state index contributed by atoms with van der Waals surface area (Å²) >= 11 is 0. The number of ether oxygens (including phenoxy) is 2. The van der Waals surface area contributed by atoms with Gasteiger partial charge in [0.1, 0.15) is 0 Å². The molecule has 1 aromatic heterocycles. The number of anilines is 1. The molecule has 0 bridgehead atoms. The van der Waals surface area contributed by atoms with Crippen LogP contribution in [0.3, 0.4) is 0 Å². The molecular weight excluding hydrogens is 252 g/mol. The Morgan fingerprint density at radius 2 is 2.10 bits per heavy atom. The van der Waals surface area contributed by atoms with Gasteiger partial charge in [0, 0.05) is 34.9 Å². The molecule has 4 nitrogen and oxygen atoms in total. The third-order valence-corrected chi connectivity index (χ3v) is 3.51. The van der Waals surface area contributed by atoms with Crippen LogP contribution in [0.15, 0.2) is 48.7 Å². The Morgan fingerprint density at radius 1 is 1.10 bits per heavy atom. The van der Waals surface area contributed by atoms with Crippen LogP contribution in [-0.2, 0) is 6.54 Å². The molecular formula is C16H14N2O2. The second-order valence-electron chi connectivity index (χ2n) is 4.78. The molecule has 20 heavy (non-hydrogen) atoms. The molecule has 0 fully saturated rings. The number of hydrogen-bond donors (Lipinski definition) is 2. The summed E-state index contributed by atoms with van der Waals surface area (Å²) in [7, 11) is 0. The fraction of sp³-hybridized carbons (Fsp3) is 0.125. The molecule has 0 spiro atoms. The maximum Gasteiger partial charge on any atom is 0.231 e. The van der Waals surface area contributed by atoms with E-state index >= 15 is 0 Å². The van der Waals surface area contributed by atoms with Gasteiger partial charge in [0.25, 0.3) is 0 Å². The summed E-state index contributed by atoms with van der Waals surface area (Å²) < 4.78 is 10.9. The average molecular weight is 266 g/mol. The van der Waals surface area contributed by atoms with E-state index in [1.165, 1.54) is 5.39 Å². The van der Waals surface area contributed by atoms with E-state index in [2.05, 4.69) is 40.6 Å². The number of H-pyrrole nitrogens is 1. The summed E-state index contributed by atoms with van der Waals surface area (Å²) in [5.41, 5.74) is 3.34. The lowest BCUT2D eigenvalue weighted by Gasteiger charge is -2.09. The van der Waals surface area contributed by atoms with E-state index in [1.54, 1.807) is 0 Å². The van der Waals surface area contributed by atoms with Gasteiger partial charge in [-0.2, -0.15) is 0 Å². The van der Waals surface area contributed by atoms with Gasteiger partial charge in [-0.3, -0.25) is 0 Å². The first-order chi connectivity index (χ1) is 9.90. The largest absolute Gasteiger partial charge is 0.454 e. The number of nitrogens with one attached hydrogen (secondary N) is 2. The summed E-state index contributed by atoms with van der Waals surface area (Å²) in [5, 5.41) is 4.62.